The smallest absolute Gasteiger partial charge is 0.0126 e. The first-order chi connectivity index (χ1) is 9.41. The molecular weight excluding hydrogens is 240 g/mol. The van der Waals surface area contributed by atoms with Gasteiger partial charge in [-0.3, -0.25) is 0 Å². The van der Waals surface area contributed by atoms with Crippen molar-refractivity contribution in [1.29, 1.82) is 0 Å². The Hall–Kier alpha value is -1.56. The molecule has 0 bridgehead atoms. The fraction of sp³-hybridized carbons (Fsp3) is 0.400. The third-order valence-corrected chi connectivity index (χ3v) is 5.31. The highest BCUT2D eigenvalue weighted by atomic mass is 14.5. The Kier molecular flexibility index (Phi) is 3.01. The summed E-state index contributed by atoms with van der Waals surface area (Å²) in [5.74, 6) is 1.16. The molecule has 3 rings (SSSR count). The number of aryl methyl sites for hydroxylation is 2. The predicted molar refractivity (Wildman–Crippen MR) is 86.4 cm³/mol. The summed E-state index contributed by atoms with van der Waals surface area (Å²) in [6, 6.07) is 16.1. The lowest BCUT2D eigenvalue weighted by molar-refractivity contribution is 0.352. The van der Waals surface area contributed by atoms with Crippen LogP contribution < -0.4 is 0 Å². The van der Waals surface area contributed by atoms with Crippen molar-refractivity contribution in [2.45, 2.75) is 46.0 Å². The SMILES string of the molecule is Cc1ccc(C2c3cc(C)ccc3C(C)(C)C2C)cc1. The van der Waals surface area contributed by atoms with Crippen molar-refractivity contribution in [2.24, 2.45) is 5.92 Å². The van der Waals surface area contributed by atoms with Crippen LogP contribution in [-0.2, 0) is 5.41 Å². The van der Waals surface area contributed by atoms with E-state index >= 15 is 0 Å². The number of benzene rings is 2. The molecule has 0 nitrogen and oxygen atoms in total. The summed E-state index contributed by atoms with van der Waals surface area (Å²) >= 11 is 0. The van der Waals surface area contributed by atoms with Gasteiger partial charge in [0.25, 0.3) is 0 Å². The van der Waals surface area contributed by atoms with E-state index in [9.17, 15) is 0 Å². The Bertz CT molecular complexity index is 632. The Morgan fingerprint density at radius 3 is 2.10 bits per heavy atom. The van der Waals surface area contributed by atoms with E-state index in [0.717, 1.165) is 0 Å². The zero-order valence-corrected chi connectivity index (χ0v) is 13.2. The van der Waals surface area contributed by atoms with Crippen LogP contribution in [0.4, 0.5) is 0 Å². The van der Waals surface area contributed by atoms with Crippen LogP contribution >= 0.6 is 0 Å². The van der Waals surface area contributed by atoms with Crippen molar-refractivity contribution in [3.8, 4) is 0 Å². The molecule has 2 unspecified atom stereocenters. The zero-order chi connectivity index (χ0) is 14.5. The van der Waals surface area contributed by atoms with Crippen LogP contribution in [0.5, 0.6) is 0 Å². The normalized spacial score (nSPS) is 23.6. The van der Waals surface area contributed by atoms with Crippen LogP contribution in [0.15, 0.2) is 42.5 Å². The van der Waals surface area contributed by atoms with Gasteiger partial charge in [0, 0.05) is 5.92 Å². The Morgan fingerprint density at radius 1 is 0.850 bits per heavy atom. The molecule has 0 radical (unpaired) electrons. The minimum atomic E-state index is 0.249. The zero-order valence-electron chi connectivity index (χ0n) is 13.2. The van der Waals surface area contributed by atoms with Crippen LogP contribution in [-0.4, -0.2) is 0 Å². The molecule has 104 valence electrons. The summed E-state index contributed by atoms with van der Waals surface area (Å²) in [4.78, 5) is 0. The standard InChI is InChI=1S/C20H24/c1-13-6-9-16(10-7-13)19-15(3)20(4,5)18-11-8-14(2)12-17(18)19/h6-12,15,19H,1-5H3. The van der Waals surface area contributed by atoms with Gasteiger partial charge in [-0.2, -0.15) is 0 Å². The van der Waals surface area contributed by atoms with Crippen LogP contribution in [0.2, 0.25) is 0 Å². The molecule has 0 heteroatoms. The molecule has 0 N–H and O–H groups in total. The monoisotopic (exact) mass is 264 g/mol. The Balaban J connectivity index is 2.17. The van der Waals surface area contributed by atoms with Gasteiger partial charge in [0.05, 0.1) is 0 Å². The van der Waals surface area contributed by atoms with Crippen molar-refractivity contribution in [3.05, 3.63) is 70.3 Å². The highest BCUT2D eigenvalue weighted by Gasteiger charge is 2.43. The van der Waals surface area contributed by atoms with E-state index in [4.69, 9.17) is 0 Å². The van der Waals surface area contributed by atoms with Gasteiger partial charge in [-0.1, -0.05) is 74.4 Å². The number of hydrogen-bond acceptors (Lipinski definition) is 0. The van der Waals surface area contributed by atoms with Crippen LogP contribution in [0, 0.1) is 19.8 Å². The van der Waals surface area contributed by atoms with E-state index in [1.54, 1.807) is 0 Å². The molecule has 20 heavy (non-hydrogen) atoms. The van der Waals surface area contributed by atoms with E-state index in [1.807, 2.05) is 0 Å². The van der Waals surface area contributed by atoms with Crippen molar-refractivity contribution in [1.82, 2.24) is 0 Å². The molecule has 0 aromatic heterocycles. The molecular formula is C20H24. The molecule has 0 spiro atoms. The van der Waals surface area contributed by atoms with Gasteiger partial charge in [-0.25, -0.2) is 0 Å². The average Bonchev–Trinajstić information content (AvgIpc) is 2.59. The maximum absolute atomic E-state index is 2.40. The quantitative estimate of drug-likeness (QED) is 0.650. The molecule has 2 aromatic carbocycles. The predicted octanol–water partition coefficient (Wildman–Crippen LogP) is 5.36. The first kappa shape index (κ1) is 13.4. The first-order valence-electron chi connectivity index (χ1n) is 7.59. The van der Waals surface area contributed by atoms with Gasteiger partial charge in [-0.15, -0.1) is 0 Å². The Labute approximate surface area is 122 Å². The summed E-state index contributed by atoms with van der Waals surface area (Å²) in [7, 11) is 0. The summed E-state index contributed by atoms with van der Waals surface area (Å²) in [5, 5.41) is 0. The second-order valence-corrected chi connectivity index (χ2v) is 6.99. The third kappa shape index (κ3) is 1.90. The van der Waals surface area contributed by atoms with Crippen molar-refractivity contribution < 1.29 is 0 Å². The fourth-order valence-corrected chi connectivity index (χ4v) is 3.70. The molecule has 2 atom stereocenters. The molecule has 1 aliphatic rings. The molecule has 0 amide bonds. The molecule has 1 aliphatic carbocycles. The van der Waals surface area contributed by atoms with Crippen molar-refractivity contribution in [3.63, 3.8) is 0 Å². The highest BCUT2D eigenvalue weighted by Crippen LogP contribution is 2.52. The maximum Gasteiger partial charge on any atom is 0.0126 e. The lowest BCUT2D eigenvalue weighted by Crippen LogP contribution is -2.23. The molecule has 0 saturated carbocycles. The van der Waals surface area contributed by atoms with Gasteiger partial charge < -0.3 is 0 Å². The van der Waals surface area contributed by atoms with Crippen molar-refractivity contribution >= 4 is 0 Å². The van der Waals surface area contributed by atoms with E-state index < -0.39 is 0 Å². The summed E-state index contributed by atoms with van der Waals surface area (Å²) in [6.07, 6.45) is 0. The first-order valence-corrected chi connectivity index (χ1v) is 7.59. The van der Waals surface area contributed by atoms with Gasteiger partial charge in [0.15, 0.2) is 0 Å². The largest absolute Gasteiger partial charge is 0.0608 e. The summed E-state index contributed by atoms with van der Waals surface area (Å²) in [6.45, 7) is 11.5. The minimum Gasteiger partial charge on any atom is -0.0608 e. The summed E-state index contributed by atoms with van der Waals surface area (Å²) < 4.78 is 0. The lowest BCUT2D eigenvalue weighted by Gasteiger charge is -2.28. The molecule has 0 saturated heterocycles. The van der Waals surface area contributed by atoms with E-state index in [1.165, 1.54) is 27.8 Å². The number of hydrogen-bond donors (Lipinski definition) is 0. The van der Waals surface area contributed by atoms with E-state index in [-0.39, 0.29) is 5.41 Å². The van der Waals surface area contributed by atoms with E-state index in [0.29, 0.717) is 11.8 Å². The second-order valence-electron chi connectivity index (χ2n) is 6.99. The third-order valence-electron chi connectivity index (χ3n) is 5.31. The van der Waals surface area contributed by atoms with Crippen LogP contribution in [0.1, 0.15) is 54.5 Å². The number of fused-ring (bicyclic) bond motifs is 1. The van der Waals surface area contributed by atoms with Gasteiger partial charge in [0.2, 0.25) is 0 Å². The average molecular weight is 264 g/mol. The van der Waals surface area contributed by atoms with Gasteiger partial charge in [0.1, 0.15) is 0 Å². The van der Waals surface area contributed by atoms with Gasteiger partial charge >= 0.3 is 0 Å². The second kappa shape index (κ2) is 4.48. The molecule has 2 aromatic rings. The van der Waals surface area contributed by atoms with E-state index in [2.05, 4.69) is 77.1 Å². The lowest BCUT2D eigenvalue weighted by atomic mass is 9.75. The van der Waals surface area contributed by atoms with Gasteiger partial charge in [-0.05, 0) is 41.9 Å². The van der Waals surface area contributed by atoms with Crippen LogP contribution in [0.25, 0.3) is 0 Å². The summed E-state index contributed by atoms with van der Waals surface area (Å²) in [5.41, 5.74) is 7.47. The van der Waals surface area contributed by atoms with Crippen LogP contribution in [0.3, 0.4) is 0 Å². The maximum atomic E-state index is 2.40. The van der Waals surface area contributed by atoms with Crippen molar-refractivity contribution in [2.75, 3.05) is 0 Å². The highest BCUT2D eigenvalue weighted by molar-refractivity contribution is 5.50. The topological polar surface area (TPSA) is 0 Å². The number of rotatable bonds is 1. The molecule has 0 fully saturated rings. The Morgan fingerprint density at radius 2 is 1.45 bits per heavy atom. The molecule has 0 aliphatic heterocycles. The minimum absolute atomic E-state index is 0.249. The fourth-order valence-electron chi connectivity index (χ4n) is 3.70. The molecule has 0 heterocycles.